The van der Waals surface area contributed by atoms with Gasteiger partial charge >= 0.3 is 0 Å². The summed E-state index contributed by atoms with van der Waals surface area (Å²) in [6, 6.07) is 10.6. The number of aromatic nitrogens is 4. The maximum atomic E-state index is 12.8. The molecule has 172 valence electrons. The number of para-hydroxylation sites is 1. The van der Waals surface area contributed by atoms with Crippen LogP contribution in [0.15, 0.2) is 47.4 Å². The van der Waals surface area contributed by atoms with Crippen LogP contribution in [0.2, 0.25) is 0 Å². The molecule has 6 N–H and O–H groups in total. The minimum atomic E-state index is -1.22. The Bertz CT molecular complexity index is 1350. The van der Waals surface area contributed by atoms with Gasteiger partial charge in [-0.2, -0.15) is 0 Å². The highest BCUT2D eigenvalue weighted by molar-refractivity contribution is 5.93. The van der Waals surface area contributed by atoms with Crippen molar-refractivity contribution in [2.45, 2.75) is 12.8 Å². The standard InChI is InChI=1S/C22H25N7O4/c1-29-22(31)18-15(25-14-6-4-5-13(20(23)30)19(14)33-3)10-17(27-21(18)28-29)26-16-9-12(11-32-2)7-8-24-16/h4-10,20,30H,11,23H2,1-3H3,(H3,24,25,26,27,28). The van der Waals surface area contributed by atoms with E-state index in [1.807, 2.05) is 12.1 Å². The van der Waals surface area contributed by atoms with Crippen LogP contribution in [-0.4, -0.2) is 39.1 Å². The fourth-order valence-corrected chi connectivity index (χ4v) is 3.57. The summed E-state index contributed by atoms with van der Waals surface area (Å²) >= 11 is 0. The average Bonchev–Trinajstić information content (AvgIpc) is 3.07. The number of aromatic amines is 1. The molecule has 0 saturated heterocycles. The first-order valence-corrected chi connectivity index (χ1v) is 10.1. The van der Waals surface area contributed by atoms with Crippen LogP contribution in [-0.2, 0) is 18.4 Å². The van der Waals surface area contributed by atoms with Gasteiger partial charge in [-0.05, 0) is 23.8 Å². The lowest BCUT2D eigenvalue weighted by Gasteiger charge is -2.17. The fourth-order valence-electron chi connectivity index (χ4n) is 3.57. The molecular formula is C22H25N7O4. The van der Waals surface area contributed by atoms with Crippen molar-refractivity contribution in [1.29, 1.82) is 0 Å². The van der Waals surface area contributed by atoms with Gasteiger partial charge in [-0.25, -0.2) is 9.97 Å². The van der Waals surface area contributed by atoms with Gasteiger partial charge in [0.1, 0.15) is 29.0 Å². The number of H-pyrrole nitrogens is 1. The summed E-state index contributed by atoms with van der Waals surface area (Å²) in [4.78, 5) is 21.6. The molecule has 1 aromatic carbocycles. The molecule has 0 amide bonds. The van der Waals surface area contributed by atoms with Crippen LogP contribution >= 0.6 is 0 Å². The summed E-state index contributed by atoms with van der Waals surface area (Å²) in [5, 5.41) is 19.6. The number of nitrogens with one attached hydrogen (secondary N) is 3. The van der Waals surface area contributed by atoms with E-state index in [4.69, 9.17) is 15.2 Å². The van der Waals surface area contributed by atoms with E-state index in [-0.39, 0.29) is 5.56 Å². The molecule has 11 nitrogen and oxygen atoms in total. The second-order valence-corrected chi connectivity index (χ2v) is 7.36. The van der Waals surface area contributed by atoms with Crippen LogP contribution in [0.25, 0.3) is 11.0 Å². The first kappa shape index (κ1) is 22.3. The van der Waals surface area contributed by atoms with E-state index in [0.29, 0.717) is 52.0 Å². The van der Waals surface area contributed by atoms with Crippen molar-refractivity contribution in [3.63, 3.8) is 0 Å². The molecule has 3 heterocycles. The maximum Gasteiger partial charge on any atom is 0.277 e. The number of rotatable bonds is 8. The average molecular weight is 451 g/mol. The summed E-state index contributed by atoms with van der Waals surface area (Å²) in [6.07, 6.45) is 0.453. The van der Waals surface area contributed by atoms with Crippen LogP contribution in [0, 0.1) is 0 Å². The number of pyridine rings is 2. The quantitative estimate of drug-likeness (QED) is 0.254. The number of benzene rings is 1. The van der Waals surface area contributed by atoms with Crippen molar-refractivity contribution < 1.29 is 14.6 Å². The number of hydrogen-bond donors (Lipinski definition) is 5. The van der Waals surface area contributed by atoms with Crippen molar-refractivity contribution in [2.75, 3.05) is 24.9 Å². The van der Waals surface area contributed by atoms with Crippen molar-refractivity contribution in [3.05, 3.63) is 64.1 Å². The van der Waals surface area contributed by atoms with Gasteiger partial charge in [0.25, 0.3) is 5.56 Å². The zero-order chi connectivity index (χ0) is 23.5. The number of nitrogens with zero attached hydrogens (tertiary/aromatic N) is 3. The third-order valence-electron chi connectivity index (χ3n) is 5.04. The molecule has 3 aromatic heterocycles. The lowest BCUT2D eigenvalue weighted by atomic mass is 10.1. The smallest absolute Gasteiger partial charge is 0.277 e. The number of nitrogens with two attached hydrogens (primary N) is 1. The zero-order valence-corrected chi connectivity index (χ0v) is 18.4. The molecule has 1 unspecified atom stereocenters. The Balaban J connectivity index is 1.79. The van der Waals surface area contributed by atoms with Crippen LogP contribution in [0.4, 0.5) is 23.0 Å². The number of aliphatic hydroxyl groups excluding tert-OH is 1. The Kier molecular flexibility index (Phi) is 6.27. The number of hydrogen-bond acceptors (Lipinski definition) is 9. The van der Waals surface area contributed by atoms with E-state index in [1.165, 1.54) is 11.8 Å². The van der Waals surface area contributed by atoms with E-state index in [9.17, 15) is 9.90 Å². The van der Waals surface area contributed by atoms with Gasteiger partial charge in [0, 0.05) is 32.0 Å². The predicted molar refractivity (Wildman–Crippen MR) is 125 cm³/mol. The Labute approximate surface area is 189 Å². The predicted octanol–water partition coefficient (Wildman–Crippen LogP) is 2.25. The Morgan fingerprint density at radius 1 is 1.18 bits per heavy atom. The van der Waals surface area contributed by atoms with Crippen LogP contribution in [0.3, 0.4) is 0 Å². The van der Waals surface area contributed by atoms with E-state index in [2.05, 4.69) is 25.7 Å². The topological polar surface area (TPSA) is 152 Å². The lowest BCUT2D eigenvalue weighted by Crippen LogP contribution is -2.13. The molecule has 0 fully saturated rings. The molecule has 4 aromatic rings. The van der Waals surface area contributed by atoms with Gasteiger partial charge < -0.3 is 30.9 Å². The first-order chi connectivity index (χ1) is 15.9. The van der Waals surface area contributed by atoms with Gasteiger partial charge in [0.05, 0.1) is 25.1 Å². The van der Waals surface area contributed by atoms with Crippen molar-refractivity contribution in [3.8, 4) is 5.75 Å². The summed E-state index contributed by atoms with van der Waals surface area (Å²) in [5.74, 6) is 1.41. The summed E-state index contributed by atoms with van der Waals surface area (Å²) in [5.41, 5.74) is 8.18. The van der Waals surface area contributed by atoms with E-state index >= 15 is 0 Å². The van der Waals surface area contributed by atoms with Crippen molar-refractivity contribution >= 4 is 34.0 Å². The molecular weight excluding hydrogens is 426 g/mol. The molecule has 0 aliphatic heterocycles. The number of aryl methyl sites for hydroxylation is 1. The van der Waals surface area contributed by atoms with Gasteiger partial charge in [-0.1, -0.05) is 12.1 Å². The Morgan fingerprint density at radius 3 is 2.73 bits per heavy atom. The zero-order valence-electron chi connectivity index (χ0n) is 18.4. The van der Waals surface area contributed by atoms with E-state index < -0.39 is 6.23 Å². The number of fused-ring (bicyclic) bond motifs is 1. The highest BCUT2D eigenvalue weighted by Gasteiger charge is 2.18. The molecule has 33 heavy (non-hydrogen) atoms. The number of ether oxygens (including phenoxy) is 2. The number of anilines is 4. The molecule has 1 atom stereocenters. The highest BCUT2D eigenvalue weighted by atomic mass is 16.5. The van der Waals surface area contributed by atoms with Crippen molar-refractivity contribution in [2.24, 2.45) is 12.8 Å². The summed E-state index contributed by atoms with van der Waals surface area (Å²) in [6.45, 7) is 0.450. The SMILES string of the molecule is COCc1ccnc(Nc2cc(Nc3cccc(C(N)O)c3OC)c3c(=O)n(C)[nH]c3n2)c1. The molecule has 0 aliphatic carbocycles. The molecule has 0 saturated carbocycles. The highest BCUT2D eigenvalue weighted by Crippen LogP contribution is 2.35. The van der Waals surface area contributed by atoms with Gasteiger partial charge in [-0.15, -0.1) is 0 Å². The molecule has 0 bridgehead atoms. The van der Waals surface area contributed by atoms with Crippen LogP contribution in [0.5, 0.6) is 5.75 Å². The van der Waals surface area contributed by atoms with Gasteiger partial charge in [0.2, 0.25) is 0 Å². The van der Waals surface area contributed by atoms with Gasteiger partial charge in [0.15, 0.2) is 5.65 Å². The molecule has 0 radical (unpaired) electrons. The largest absolute Gasteiger partial charge is 0.494 e. The minimum Gasteiger partial charge on any atom is -0.494 e. The van der Waals surface area contributed by atoms with Crippen molar-refractivity contribution in [1.82, 2.24) is 19.7 Å². The van der Waals surface area contributed by atoms with Crippen LogP contribution < -0.4 is 26.7 Å². The van der Waals surface area contributed by atoms with E-state index in [0.717, 1.165) is 5.56 Å². The van der Waals surface area contributed by atoms with Gasteiger partial charge in [-0.3, -0.25) is 14.6 Å². The first-order valence-electron chi connectivity index (χ1n) is 10.1. The third-order valence-corrected chi connectivity index (χ3v) is 5.04. The van der Waals surface area contributed by atoms with E-state index in [1.54, 1.807) is 44.6 Å². The number of methoxy groups -OCH3 is 2. The fraction of sp³-hybridized carbons (Fsp3) is 0.227. The minimum absolute atomic E-state index is 0.249. The Hall–Kier alpha value is -3.93. The second-order valence-electron chi connectivity index (χ2n) is 7.36. The molecule has 11 heteroatoms. The molecule has 4 rings (SSSR count). The normalized spacial score (nSPS) is 12.0. The summed E-state index contributed by atoms with van der Waals surface area (Å²) < 4.78 is 12.0. The second kappa shape index (κ2) is 9.28. The molecule has 0 aliphatic rings. The maximum absolute atomic E-state index is 12.8. The molecule has 0 spiro atoms. The Morgan fingerprint density at radius 2 is 2.00 bits per heavy atom. The monoisotopic (exact) mass is 451 g/mol. The van der Waals surface area contributed by atoms with Crippen LogP contribution in [0.1, 0.15) is 17.4 Å². The number of aliphatic hydroxyl groups is 1. The summed E-state index contributed by atoms with van der Waals surface area (Å²) in [7, 11) is 4.72. The third kappa shape index (κ3) is 4.51. The lowest BCUT2D eigenvalue weighted by molar-refractivity contribution is 0.182.